The van der Waals surface area contributed by atoms with E-state index in [1.54, 1.807) is 24.3 Å². The number of hydrogen-bond donors (Lipinski definition) is 0. The Kier molecular flexibility index (Phi) is 23.1. The SMILES string of the molecule is O=C1c2ccccc2C(=O)N1CCOCCOCCOCCOCCOCCOCCOCCOCCCCCCI. The van der Waals surface area contributed by atoms with Crippen molar-refractivity contribution in [3.05, 3.63) is 35.4 Å². The zero-order valence-electron chi connectivity index (χ0n) is 24.8. The lowest BCUT2D eigenvalue weighted by Crippen LogP contribution is -2.33. The van der Waals surface area contributed by atoms with Gasteiger partial charge in [-0.1, -0.05) is 47.6 Å². The van der Waals surface area contributed by atoms with Crippen LogP contribution < -0.4 is 0 Å². The summed E-state index contributed by atoms with van der Waals surface area (Å²) in [4.78, 5) is 25.8. The molecule has 0 N–H and O–H groups in total. The summed E-state index contributed by atoms with van der Waals surface area (Å²) in [7, 11) is 0. The lowest BCUT2D eigenvalue weighted by molar-refractivity contribution is -0.0233. The van der Waals surface area contributed by atoms with Crippen molar-refractivity contribution in [3.8, 4) is 0 Å². The van der Waals surface area contributed by atoms with Gasteiger partial charge < -0.3 is 37.9 Å². The van der Waals surface area contributed by atoms with Crippen LogP contribution in [0.3, 0.4) is 0 Å². The molecule has 1 aromatic rings. The minimum atomic E-state index is -0.272. The smallest absolute Gasteiger partial charge is 0.261 e. The van der Waals surface area contributed by atoms with Crippen LogP contribution in [-0.2, 0) is 37.9 Å². The summed E-state index contributed by atoms with van der Waals surface area (Å²) in [6, 6.07) is 6.83. The number of halogens is 1. The molecule has 11 nitrogen and oxygen atoms in total. The number of amides is 2. The van der Waals surface area contributed by atoms with Crippen molar-refractivity contribution in [2.24, 2.45) is 0 Å². The van der Waals surface area contributed by atoms with Gasteiger partial charge in [0.2, 0.25) is 0 Å². The number of carbonyl (C=O) groups excluding carboxylic acids is 2. The minimum Gasteiger partial charge on any atom is -0.379 e. The molecule has 0 fully saturated rings. The second kappa shape index (κ2) is 26.2. The maximum absolute atomic E-state index is 12.3. The van der Waals surface area contributed by atoms with Crippen LogP contribution in [0.2, 0.25) is 0 Å². The summed E-state index contributed by atoms with van der Waals surface area (Å²) in [6.45, 7) is 8.35. The van der Waals surface area contributed by atoms with E-state index in [0.29, 0.717) is 104 Å². The van der Waals surface area contributed by atoms with E-state index in [-0.39, 0.29) is 25.0 Å². The third-order valence-electron chi connectivity index (χ3n) is 6.11. The van der Waals surface area contributed by atoms with E-state index in [0.717, 1.165) is 13.0 Å². The van der Waals surface area contributed by atoms with Gasteiger partial charge in [0, 0.05) is 6.61 Å². The van der Waals surface area contributed by atoms with Crippen LogP contribution >= 0.6 is 22.6 Å². The van der Waals surface area contributed by atoms with Crippen LogP contribution in [0.1, 0.15) is 46.4 Å². The number of fused-ring (bicyclic) bond motifs is 1. The molecular formula is C30H48INO10. The number of carbonyl (C=O) groups is 2. The molecule has 1 heterocycles. The summed E-state index contributed by atoms with van der Waals surface area (Å²) in [5.41, 5.74) is 0.895. The monoisotopic (exact) mass is 709 g/mol. The number of rotatable bonds is 30. The zero-order valence-corrected chi connectivity index (χ0v) is 26.9. The molecule has 0 aromatic heterocycles. The van der Waals surface area contributed by atoms with Crippen molar-refractivity contribution >= 4 is 34.4 Å². The van der Waals surface area contributed by atoms with Crippen LogP contribution in [0.5, 0.6) is 0 Å². The Bertz CT molecular complexity index is 796. The highest BCUT2D eigenvalue weighted by atomic mass is 127. The number of ether oxygens (including phenoxy) is 8. The summed E-state index contributed by atoms with van der Waals surface area (Å²) in [5, 5.41) is 0. The molecule has 0 bridgehead atoms. The van der Waals surface area contributed by atoms with Gasteiger partial charge in [-0.15, -0.1) is 0 Å². The molecule has 0 unspecified atom stereocenters. The van der Waals surface area contributed by atoms with Gasteiger partial charge in [0.25, 0.3) is 11.8 Å². The van der Waals surface area contributed by atoms with E-state index < -0.39 is 0 Å². The van der Waals surface area contributed by atoms with Gasteiger partial charge in [0.05, 0.1) is 117 Å². The van der Waals surface area contributed by atoms with Gasteiger partial charge in [-0.25, -0.2) is 0 Å². The number of hydrogen-bond acceptors (Lipinski definition) is 10. The molecule has 2 amide bonds. The zero-order chi connectivity index (χ0) is 29.9. The Morgan fingerprint density at radius 2 is 0.786 bits per heavy atom. The molecule has 1 aromatic carbocycles. The first-order chi connectivity index (χ1) is 20.8. The summed E-state index contributed by atoms with van der Waals surface area (Å²) >= 11 is 2.41. The second-order valence-corrected chi connectivity index (χ2v) is 10.4. The number of nitrogens with zero attached hydrogens (tertiary/aromatic N) is 1. The topological polar surface area (TPSA) is 111 Å². The normalized spacial score (nSPS) is 12.9. The van der Waals surface area contributed by atoms with Crippen molar-refractivity contribution in [1.29, 1.82) is 0 Å². The summed E-state index contributed by atoms with van der Waals surface area (Å²) < 4.78 is 45.1. The average molecular weight is 710 g/mol. The molecular weight excluding hydrogens is 661 g/mol. The first-order valence-electron chi connectivity index (χ1n) is 14.9. The largest absolute Gasteiger partial charge is 0.379 e. The van der Waals surface area contributed by atoms with E-state index in [2.05, 4.69) is 22.6 Å². The maximum Gasteiger partial charge on any atom is 0.261 e. The molecule has 240 valence electrons. The Morgan fingerprint density at radius 3 is 1.17 bits per heavy atom. The van der Waals surface area contributed by atoms with E-state index in [9.17, 15) is 9.59 Å². The second-order valence-electron chi connectivity index (χ2n) is 9.31. The summed E-state index contributed by atoms with van der Waals surface area (Å²) in [6.07, 6.45) is 4.96. The molecule has 0 saturated carbocycles. The number of imide groups is 1. The van der Waals surface area contributed by atoms with Crippen LogP contribution in [0, 0.1) is 0 Å². The van der Waals surface area contributed by atoms with Gasteiger partial charge in [-0.05, 0) is 29.4 Å². The fraction of sp³-hybridized carbons (Fsp3) is 0.733. The quantitative estimate of drug-likeness (QED) is 0.0511. The maximum atomic E-state index is 12.3. The van der Waals surface area contributed by atoms with E-state index in [4.69, 9.17) is 37.9 Å². The summed E-state index contributed by atoms with van der Waals surface area (Å²) in [5.74, 6) is -0.543. The van der Waals surface area contributed by atoms with Crippen LogP contribution in [0.25, 0.3) is 0 Å². The third kappa shape index (κ3) is 17.2. The average Bonchev–Trinajstić information content (AvgIpc) is 3.25. The van der Waals surface area contributed by atoms with Gasteiger partial charge in [0.1, 0.15) is 0 Å². The minimum absolute atomic E-state index is 0.222. The van der Waals surface area contributed by atoms with Gasteiger partial charge in [0.15, 0.2) is 0 Å². The molecule has 0 spiro atoms. The van der Waals surface area contributed by atoms with Crippen molar-refractivity contribution in [2.75, 3.05) is 117 Å². The fourth-order valence-corrected chi connectivity index (χ4v) is 4.43. The fourth-order valence-electron chi connectivity index (χ4n) is 3.89. The molecule has 0 aliphatic carbocycles. The Hall–Kier alpha value is -1.23. The standard InChI is InChI=1S/C30H48INO10/c31-9-5-1-2-6-11-35-13-15-37-17-19-39-21-23-41-25-26-42-24-22-40-20-18-38-16-14-36-12-10-32-29(33)27-7-3-4-8-28(27)30(32)34/h3-4,7-8H,1-2,5-6,9-26H2. The third-order valence-corrected chi connectivity index (χ3v) is 6.88. The first kappa shape index (κ1) is 37.0. The molecule has 1 aliphatic rings. The van der Waals surface area contributed by atoms with Gasteiger partial charge in [-0.3, -0.25) is 14.5 Å². The molecule has 12 heteroatoms. The van der Waals surface area contributed by atoms with Gasteiger partial charge in [-0.2, -0.15) is 0 Å². The van der Waals surface area contributed by atoms with Crippen LogP contribution in [0.15, 0.2) is 24.3 Å². The molecule has 2 rings (SSSR count). The molecule has 0 saturated heterocycles. The predicted octanol–water partition coefficient (Wildman–Crippen LogP) is 3.41. The lowest BCUT2D eigenvalue weighted by Gasteiger charge is -2.13. The Morgan fingerprint density at radius 1 is 0.452 bits per heavy atom. The van der Waals surface area contributed by atoms with Crippen molar-refractivity contribution in [2.45, 2.75) is 25.7 Å². The first-order valence-corrected chi connectivity index (χ1v) is 16.4. The van der Waals surface area contributed by atoms with Crippen molar-refractivity contribution < 1.29 is 47.5 Å². The van der Waals surface area contributed by atoms with Crippen LogP contribution in [0.4, 0.5) is 0 Å². The van der Waals surface area contributed by atoms with Gasteiger partial charge >= 0.3 is 0 Å². The molecule has 1 aliphatic heterocycles. The van der Waals surface area contributed by atoms with Crippen molar-refractivity contribution in [1.82, 2.24) is 4.90 Å². The number of benzene rings is 1. The predicted molar refractivity (Wildman–Crippen MR) is 166 cm³/mol. The van der Waals surface area contributed by atoms with Crippen molar-refractivity contribution in [3.63, 3.8) is 0 Å². The number of alkyl halides is 1. The molecule has 42 heavy (non-hydrogen) atoms. The van der Waals surface area contributed by atoms with E-state index in [1.807, 2.05) is 0 Å². The van der Waals surface area contributed by atoms with E-state index >= 15 is 0 Å². The highest BCUT2D eigenvalue weighted by Gasteiger charge is 2.34. The van der Waals surface area contributed by atoms with E-state index in [1.165, 1.54) is 28.6 Å². The lowest BCUT2D eigenvalue weighted by atomic mass is 10.1. The molecule has 0 radical (unpaired) electrons. The number of unbranched alkanes of at least 4 members (excludes halogenated alkanes) is 3. The molecule has 0 atom stereocenters. The highest BCUT2D eigenvalue weighted by molar-refractivity contribution is 14.1. The van der Waals surface area contributed by atoms with Crippen LogP contribution in [-0.4, -0.2) is 133 Å². The highest BCUT2D eigenvalue weighted by Crippen LogP contribution is 2.21. The Balaban J connectivity index is 1.21. The Labute approximate surface area is 263 Å².